The summed E-state index contributed by atoms with van der Waals surface area (Å²) in [5.74, 6) is -0.0164. The number of hydrogen-bond acceptors (Lipinski definition) is 4. The number of hydrogen-bond donors (Lipinski definition) is 0. The molecule has 1 amide bonds. The third-order valence-electron chi connectivity index (χ3n) is 3.72. The lowest BCUT2D eigenvalue weighted by Gasteiger charge is -2.44. The molecule has 0 fully saturated rings. The fraction of sp³-hybridized carbons (Fsp3) is 0.375. The Morgan fingerprint density at radius 2 is 1.90 bits per heavy atom. The van der Waals surface area contributed by atoms with Crippen LogP contribution in [0.3, 0.4) is 0 Å². The van der Waals surface area contributed by atoms with Gasteiger partial charge in [-0.1, -0.05) is 12.1 Å². The highest BCUT2D eigenvalue weighted by Crippen LogP contribution is 2.37. The van der Waals surface area contributed by atoms with Crippen LogP contribution in [0.25, 0.3) is 0 Å². The number of anilines is 2. The highest BCUT2D eigenvalue weighted by molar-refractivity contribution is 7.07. The summed E-state index contributed by atoms with van der Waals surface area (Å²) in [5.41, 5.74) is 4.34. The SMILES string of the molecule is CC(C)(C)N1CCN(C(=O)c2cscn2)c2ccccc21. The number of aromatic nitrogens is 1. The molecule has 3 rings (SSSR count). The molecule has 0 N–H and O–H groups in total. The van der Waals surface area contributed by atoms with E-state index < -0.39 is 0 Å². The lowest BCUT2D eigenvalue weighted by Crippen LogP contribution is -2.51. The minimum absolute atomic E-state index is 0.0164. The second-order valence-corrected chi connectivity index (χ2v) is 6.86. The molecule has 0 atom stereocenters. The summed E-state index contributed by atoms with van der Waals surface area (Å²) < 4.78 is 0. The van der Waals surface area contributed by atoms with E-state index in [2.05, 4.69) is 36.7 Å². The van der Waals surface area contributed by atoms with Crippen molar-refractivity contribution in [2.24, 2.45) is 0 Å². The van der Waals surface area contributed by atoms with Gasteiger partial charge in [0, 0.05) is 24.0 Å². The van der Waals surface area contributed by atoms with Gasteiger partial charge in [-0.15, -0.1) is 11.3 Å². The Morgan fingerprint density at radius 3 is 2.52 bits per heavy atom. The van der Waals surface area contributed by atoms with Crippen molar-refractivity contribution in [2.45, 2.75) is 26.3 Å². The van der Waals surface area contributed by atoms with Crippen LogP contribution in [0.2, 0.25) is 0 Å². The fourth-order valence-corrected chi connectivity index (χ4v) is 3.25. The van der Waals surface area contributed by atoms with Crippen LogP contribution in [-0.4, -0.2) is 29.5 Å². The van der Waals surface area contributed by atoms with Crippen molar-refractivity contribution in [1.82, 2.24) is 4.98 Å². The van der Waals surface area contributed by atoms with Gasteiger partial charge in [0.15, 0.2) is 0 Å². The van der Waals surface area contributed by atoms with Crippen molar-refractivity contribution in [1.29, 1.82) is 0 Å². The average molecular weight is 301 g/mol. The molecule has 1 aromatic heterocycles. The number of nitrogens with zero attached hydrogens (tertiary/aromatic N) is 3. The van der Waals surface area contributed by atoms with Crippen molar-refractivity contribution in [2.75, 3.05) is 22.9 Å². The fourth-order valence-electron chi connectivity index (χ4n) is 2.73. The van der Waals surface area contributed by atoms with Crippen molar-refractivity contribution in [3.05, 3.63) is 40.8 Å². The summed E-state index contributed by atoms with van der Waals surface area (Å²) in [7, 11) is 0. The highest BCUT2D eigenvalue weighted by Gasteiger charge is 2.32. The van der Waals surface area contributed by atoms with Gasteiger partial charge in [-0.05, 0) is 32.9 Å². The lowest BCUT2D eigenvalue weighted by atomic mass is 10.0. The van der Waals surface area contributed by atoms with Crippen LogP contribution in [0, 0.1) is 0 Å². The predicted molar refractivity (Wildman–Crippen MR) is 87.3 cm³/mol. The van der Waals surface area contributed by atoms with Crippen LogP contribution in [0.15, 0.2) is 35.2 Å². The van der Waals surface area contributed by atoms with Gasteiger partial charge >= 0.3 is 0 Å². The third kappa shape index (κ3) is 2.53. The molecule has 1 aliphatic heterocycles. The molecule has 0 spiro atoms. The maximum Gasteiger partial charge on any atom is 0.277 e. The molecule has 0 radical (unpaired) electrons. The van der Waals surface area contributed by atoms with Crippen molar-refractivity contribution in [3.63, 3.8) is 0 Å². The van der Waals surface area contributed by atoms with Gasteiger partial charge in [0.25, 0.3) is 5.91 Å². The molecule has 0 aliphatic carbocycles. The molecular formula is C16H19N3OS. The summed E-state index contributed by atoms with van der Waals surface area (Å²) >= 11 is 1.45. The van der Waals surface area contributed by atoms with Gasteiger partial charge in [0.2, 0.25) is 0 Å². The van der Waals surface area contributed by atoms with Gasteiger partial charge < -0.3 is 9.80 Å². The first kappa shape index (κ1) is 14.1. The van der Waals surface area contributed by atoms with Gasteiger partial charge in [-0.2, -0.15) is 0 Å². The zero-order valence-electron chi connectivity index (χ0n) is 12.5. The number of amides is 1. The molecule has 0 unspecified atom stereocenters. The Balaban J connectivity index is 2.01. The van der Waals surface area contributed by atoms with E-state index in [1.807, 2.05) is 23.1 Å². The van der Waals surface area contributed by atoms with Gasteiger partial charge in [-0.3, -0.25) is 4.79 Å². The Bertz CT molecular complexity index is 646. The molecule has 1 aliphatic rings. The van der Waals surface area contributed by atoms with Crippen LogP contribution >= 0.6 is 11.3 Å². The maximum absolute atomic E-state index is 12.6. The molecule has 1 aromatic carbocycles. The summed E-state index contributed by atoms with van der Waals surface area (Å²) in [6.45, 7) is 8.10. The van der Waals surface area contributed by atoms with Crippen LogP contribution in [0.5, 0.6) is 0 Å². The topological polar surface area (TPSA) is 36.4 Å². The number of rotatable bonds is 1. The highest BCUT2D eigenvalue weighted by atomic mass is 32.1. The van der Waals surface area contributed by atoms with E-state index in [1.54, 1.807) is 10.9 Å². The first-order valence-corrected chi connectivity index (χ1v) is 7.99. The second kappa shape index (κ2) is 5.15. The number of thiazole rings is 1. The van der Waals surface area contributed by atoms with E-state index >= 15 is 0 Å². The summed E-state index contributed by atoms with van der Waals surface area (Å²) in [5, 5.41) is 1.81. The molecule has 5 heteroatoms. The third-order valence-corrected chi connectivity index (χ3v) is 4.30. The molecule has 4 nitrogen and oxygen atoms in total. The van der Waals surface area contributed by atoms with Crippen LogP contribution in [0.1, 0.15) is 31.3 Å². The summed E-state index contributed by atoms with van der Waals surface area (Å²) in [6, 6.07) is 8.10. The van der Waals surface area contributed by atoms with E-state index in [-0.39, 0.29) is 11.4 Å². The maximum atomic E-state index is 12.6. The van der Waals surface area contributed by atoms with Gasteiger partial charge in [0.05, 0.1) is 16.9 Å². The Hall–Kier alpha value is -1.88. The number of benzene rings is 1. The summed E-state index contributed by atoms with van der Waals surface area (Å²) in [4.78, 5) is 21.0. The van der Waals surface area contributed by atoms with E-state index in [9.17, 15) is 4.79 Å². The van der Waals surface area contributed by atoms with Crippen LogP contribution in [0.4, 0.5) is 11.4 Å². The van der Waals surface area contributed by atoms with E-state index in [4.69, 9.17) is 0 Å². The molecule has 21 heavy (non-hydrogen) atoms. The average Bonchev–Trinajstić information content (AvgIpc) is 2.98. The van der Waals surface area contributed by atoms with Gasteiger partial charge in [0.1, 0.15) is 5.69 Å². The van der Waals surface area contributed by atoms with Gasteiger partial charge in [-0.25, -0.2) is 4.98 Å². The first-order valence-electron chi connectivity index (χ1n) is 7.05. The van der Waals surface area contributed by atoms with Crippen molar-refractivity contribution >= 4 is 28.6 Å². The first-order chi connectivity index (χ1) is 9.98. The zero-order chi connectivity index (χ0) is 15.0. The number of para-hydroxylation sites is 2. The Morgan fingerprint density at radius 1 is 1.19 bits per heavy atom. The molecule has 0 bridgehead atoms. The smallest absolute Gasteiger partial charge is 0.277 e. The monoisotopic (exact) mass is 301 g/mol. The van der Waals surface area contributed by atoms with Crippen molar-refractivity contribution in [3.8, 4) is 0 Å². The van der Waals surface area contributed by atoms with E-state index in [0.29, 0.717) is 12.2 Å². The molecule has 0 saturated heterocycles. The minimum Gasteiger partial charge on any atom is -0.363 e. The molecule has 2 heterocycles. The molecule has 110 valence electrons. The normalized spacial score (nSPS) is 15.0. The standard InChI is InChI=1S/C16H19N3OS/c1-16(2,3)19-9-8-18(13-6-4-5-7-14(13)19)15(20)12-10-21-11-17-12/h4-7,10-11H,8-9H2,1-3H3. The predicted octanol–water partition coefficient (Wildman–Crippen LogP) is 3.41. The zero-order valence-corrected chi connectivity index (χ0v) is 13.4. The molecular weight excluding hydrogens is 282 g/mol. The van der Waals surface area contributed by atoms with E-state index in [0.717, 1.165) is 17.9 Å². The summed E-state index contributed by atoms with van der Waals surface area (Å²) in [6.07, 6.45) is 0. The van der Waals surface area contributed by atoms with Crippen LogP contribution < -0.4 is 9.80 Å². The van der Waals surface area contributed by atoms with Crippen LogP contribution in [-0.2, 0) is 0 Å². The Labute approximate surface area is 129 Å². The van der Waals surface area contributed by atoms with Crippen molar-refractivity contribution < 1.29 is 4.79 Å². The Kier molecular flexibility index (Phi) is 3.45. The largest absolute Gasteiger partial charge is 0.363 e. The number of carbonyl (C=O) groups is 1. The number of carbonyl (C=O) groups excluding carboxylic acids is 1. The second-order valence-electron chi connectivity index (χ2n) is 6.14. The van der Waals surface area contributed by atoms with E-state index in [1.165, 1.54) is 11.3 Å². The minimum atomic E-state index is -0.0164. The quantitative estimate of drug-likeness (QED) is 0.810. The number of fused-ring (bicyclic) bond motifs is 1. The molecule has 0 saturated carbocycles. The molecule has 2 aromatic rings. The lowest BCUT2D eigenvalue weighted by molar-refractivity contribution is 0.0982.